The maximum absolute atomic E-state index is 15.6. The number of halogens is 1. The van der Waals surface area contributed by atoms with Crippen molar-refractivity contribution in [2.45, 2.75) is 137 Å². The number of nitrogens with zero attached hydrogens (tertiary/aromatic N) is 2. The number of aromatic nitrogens is 2. The van der Waals surface area contributed by atoms with E-state index in [-0.39, 0.29) is 36.8 Å². The van der Waals surface area contributed by atoms with Crippen molar-refractivity contribution in [2.24, 2.45) is 0 Å². The third kappa shape index (κ3) is 14.1. The van der Waals surface area contributed by atoms with Gasteiger partial charge in [0.1, 0.15) is 40.5 Å². The van der Waals surface area contributed by atoms with Crippen molar-refractivity contribution in [1.82, 2.24) is 20.6 Å². The summed E-state index contributed by atoms with van der Waals surface area (Å²) in [6, 6.07) is 5.03. The van der Waals surface area contributed by atoms with Crippen molar-refractivity contribution in [1.29, 1.82) is 0 Å². The minimum absolute atomic E-state index is 0.106. The van der Waals surface area contributed by atoms with Gasteiger partial charge in [0.25, 0.3) is 11.5 Å². The second-order valence-electron chi connectivity index (χ2n) is 16.8. The van der Waals surface area contributed by atoms with Crippen LogP contribution in [0.3, 0.4) is 0 Å². The lowest BCUT2D eigenvalue weighted by atomic mass is 10.0. The Labute approximate surface area is 327 Å². The molecule has 0 saturated heterocycles. The van der Waals surface area contributed by atoms with Crippen molar-refractivity contribution in [3.05, 3.63) is 69.0 Å². The number of rotatable bonds is 14. The number of amides is 2. The Kier molecular flexibility index (Phi) is 14.5. The monoisotopic (exact) mass is 781 g/mol. The first kappa shape index (κ1) is 45.1. The van der Waals surface area contributed by atoms with Crippen LogP contribution in [0.1, 0.15) is 115 Å². The fourth-order valence-electron chi connectivity index (χ4n) is 5.57. The SMILES string of the molecule is Cc1nc2cc(C)c(CN(C)c3ccc(C(=O)N[C@@H](CCC(=O)N[C@H](CCC(=O)OC(C)(C)C)C(=O)OC(C)(C)C)C(=O)OC(C)(C)C)c(F)c3)cc2c(=O)[nH]1. The molecule has 2 aromatic carbocycles. The third-order valence-corrected chi connectivity index (χ3v) is 8.07. The lowest BCUT2D eigenvalue weighted by Crippen LogP contribution is -2.47. The van der Waals surface area contributed by atoms with Crippen molar-refractivity contribution in [2.75, 3.05) is 11.9 Å². The highest BCUT2D eigenvalue weighted by molar-refractivity contribution is 5.97. The Balaban J connectivity index is 1.75. The van der Waals surface area contributed by atoms with Gasteiger partial charge in [0.2, 0.25) is 5.91 Å². The first-order valence-electron chi connectivity index (χ1n) is 18.5. The molecule has 0 unspecified atom stereocenters. The molecule has 0 fully saturated rings. The molecule has 0 radical (unpaired) electrons. The van der Waals surface area contributed by atoms with E-state index in [2.05, 4.69) is 20.6 Å². The number of nitrogens with one attached hydrogen (secondary N) is 3. The van der Waals surface area contributed by atoms with E-state index in [9.17, 15) is 28.8 Å². The lowest BCUT2D eigenvalue weighted by Gasteiger charge is -2.26. The van der Waals surface area contributed by atoms with Gasteiger partial charge in [-0.05, 0) is 130 Å². The molecule has 0 aliphatic rings. The van der Waals surface area contributed by atoms with E-state index in [4.69, 9.17) is 14.2 Å². The van der Waals surface area contributed by atoms with E-state index < -0.39 is 64.4 Å². The van der Waals surface area contributed by atoms with Crippen LogP contribution in [0.4, 0.5) is 10.1 Å². The molecule has 0 spiro atoms. The van der Waals surface area contributed by atoms with Gasteiger partial charge in [-0.3, -0.25) is 19.2 Å². The smallest absolute Gasteiger partial charge is 0.329 e. The van der Waals surface area contributed by atoms with E-state index in [1.807, 2.05) is 13.0 Å². The van der Waals surface area contributed by atoms with Crippen LogP contribution in [0.15, 0.2) is 35.1 Å². The average molecular weight is 782 g/mol. The molecule has 15 heteroatoms. The number of esters is 3. The highest BCUT2D eigenvalue weighted by atomic mass is 19.1. The number of fused-ring (bicyclic) bond motifs is 1. The Hall–Kier alpha value is -5.34. The van der Waals surface area contributed by atoms with Gasteiger partial charge >= 0.3 is 17.9 Å². The molecule has 3 aromatic rings. The zero-order valence-electron chi connectivity index (χ0n) is 34.5. The second-order valence-corrected chi connectivity index (χ2v) is 16.8. The number of benzene rings is 2. The van der Waals surface area contributed by atoms with Gasteiger partial charge in [0.15, 0.2) is 0 Å². The summed E-state index contributed by atoms with van der Waals surface area (Å²) in [7, 11) is 1.74. The van der Waals surface area contributed by atoms with Crippen LogP contribution in [0.25, 0.3) is 10.9 Å². The van der Waals surface area contributed by atoms with Gasteiger partial charge in [0, 0.05) is 32.1 Å². The molecule has 3 N–H and O–H groups in total. The van der Waals surface area contributed by atoms with Crippen LogP contribution < -0.4 is 21.1 Å². The number of H-pyrrole nitrogens is 1. The first-order chi connectivity index (χ1) is 25.7. The highest BCUT2D eigenvalue weighted by Crippen LogP contribution is 2.23. The molecule has 56 heavy (non-hydrogen) atoms. The van der Waals surface area contributed by atoms with Crippen LogP contribution in [0.2, 0.25) is 0 Å². The normalized spacial score (nSPS) is 13.0. The number of carbonyl (C=O) groups is 5. The maximum atomic E-state index is 15.6. The molecule has 0 aliphatic carbocycles. The molecular weight excluding hydrogens is 725 g/mol. The molecular formula is C41H56FN5O9. The van der Waals surface area contributed by atoms with Crippen molar-refractivity contribution in [3.8, 4) is 0 Å². The average Bonchev–Trinajstić information content (AvgIpc) is 3.02. The molecule has 1 aromatic heterocycles. The molecule has 14 nitrogen and oxygen atoms in total. The molecule has 2 atom stereocenters. The number of hydrogen-bond acceptors (Lipinski definition) is 11. The largest absolute Gasteiger partial charge is 0.460 e. The summed E-state index contributed by atoms with van der Waals surface area (Å²) in [5.41, 5.74) is -0.451. The first-order valence-corrected chi connectivity index (χ1v) is 18.5. The van der Waals surface area contributed by atoms with Gasteiger partial charge in [0.05, 0.1) is 16.5 Å². The fraction of sp³-hybridized carbons (Fsp3) is 0.537. The van der Waals surface area contributed by atoms with Gasteiger partial charge in [-0.15, -0.1) is 0 Å². The Morgan fingerprint density at radius 2 is 1.36 bits per heavy atom. The molecule has 306 valence electrons. The van der Waals surface area contributed by atoms with Crippen LogP contribution >= 0.6 is 0 Å². The van der Waals surface area contributed by atoms with E-state index >= 15 is 4.39 Å². The molecule has 0 bridgehead atoms. The highest BCUT2D eigenvalue weighted by Gasteiger charge is 2.31. The van der Waals surface area contributed by atoms with Crippen molar-refractivity contribution < 1.29 is 42.6 Å². The van der Waals surface area contributed by atoms with Gasteiger partial charge < -0.3 is 34.7 Å². The minimum atomic E-state index is -1.37. The summed E-state index contributed by atoms with van der Waals surface area (Å²) < 4.78 is 31.9. The number of anilines is 1. The number of carbonyl (C=O) groups excluding carboxylic acids is 5. The third-order valence-electron chi connectivity index (χ3n) is 8.07. The van der Waals surface area contributed by atoms with E-state index in [1.165, 1.54) is 12.1 Å². The van der Waals surface area contributed by atoms with Gasteiger partial charge in [-0.25, -0.2) is 19.0 Å². The Bertz CT molecular complexity index is 2010. The number of hydrogen-bond donors (Lipinski definition) is 3. The molecule has 3 rings (SSSR count). The maximum Gasteiger partial charge on any atom is 0.329 e. The summed E-state index contributed by atoms with van der Waals surface area (Å²) in [6.45, 7) is 18.9. The van der Waals surface area contributed by atoms with Crippen LogP contribution in [-0.4, -0.2) is 75.6 Å². The molecule has 2 amide bonds. The summed E-state index contributed by atoms with van der Waals surface area (Å²) in [4.78, 5) is 86.6. The van der Waals surface area contributed by atoms with Crippen molar-refractivity contribution in [3.63, 3.8) is 0 Å². The van der Waals surface area contributed by atoms with Crippen LogP contribution in [0.5, 0.6) is 0 Å². The predicted molar refractivity (Wildman–Crippen MR) is 210 cm³/mol. The quantitative estimate of drug-likeness (QED) is 0.139. The number of aromatic amines is 1. The van der Waals surface area contributed by atoms with Crippen LogP contribution in [0, 0.1) is 19.7 Å². The van der Waals surface area contributed by atoms with Crippen LogP contribution in [-0.2, 0) is 39.9 Å². The summed E-state index contributed by atoms with van der Waals surface area (Å²) >= 11 is 0. The molecule has 0 aliphatic heterocycles. The summed E-state index contributed by atoms with van der Waals surface area (Å²) in [5.74, 6) is -4.10. The summed E-state index contributed by atoms with van der Waals surface area (Å²) in [6.07, 6.45) is -0.895. The Morgan fingerprint density at radius 3 is 1.91 bits per heavy atom. The van der Waals surface area contributed by atoms with E-state index in [1.54, 1.807) is 93.3 Å². The second kappa shape index (κ2) is 18.1. The zero-order valence-corrected chi connectivity index (χ0v) is 34.5. The zero-order chi connectivity index (χ0) is 42.3. The van der Waals surface area contributed by atoms with E-state index in [0.29, 0.717) is 29.0 Å². The fourth-order valence-corrected chi connectivity index (χ4v) is 5.57. The molecule has 0 saturated carbocycles. The molecule has 1 heterocycles. The Morgan fingerprint density at radius 1 is 0.804 bits per heavy atom. The standard InChI is InChI=1S/C41H56FN5O9/c1-23-19-32-28(36(51)44-24(2)43-32)20-25(23)22-47(12)26-13-14-27(29(42)21-26)35(50)46-31(38(53)56-41(9,10)11)15-17-33(48)45-30(37(52)55-40(6,7)8)16-18-34(49)54-39(3,4)5/h13-14,19-21,30-31H,15-18,22H2,1-12H3,(H,45,48)(H,46,50)(H,43,44,51)/t30-,31+/m1/s1. The van der Waals surface area contributed by atoms with Gasteiger partial charge in [-0.2, -0.15) is 0 Å². The number of aryl methyl sites for hydroxylation is 2. The topological polar surface area (TPSA) is 186 Å². The minimum Gasteiger partial charge on any atom is -0.460 e. The predicted octanol–water partition coefficient (Wildman–Crippen LogP) is 5.48. The lowest BCUT2D eigenvalue weighted by molar-refractivity contribution is -0.161. The number of ether oxygens (including phenoxy) is 3. The van der Waals surface area contributed by atoms with Crippen molar-refractivity contribution >= 4 is 46.3 Å². The summed E-state index contributed by atoms with van der Waals surface area (Å²) in [5, 5.41) is 5.51. The van der Waals surface area contributed by atoms with Gasteiger partial charge in [-0.1, -0.05) is 0 Å². The van der Waals surface area contributed by atoms with E-state index in [0.717, 1.165) is 11.1 Å².